The number of hydrogen-bond acceptors (Lipinski definition) is 5. The molecule has 0 heterocycles. The van der Waals surface area contributed by atoms with Crippen molar-refractivity contribution in [1.29, 1.82) is 0 Å². The van der Waals surface area contributed by atoms with Gasteiger partial charge < -0.3 is 26.6 Å². The summed E-state index contributed by atoms with van der Waals surface area (Å²) in [6.07, 6.45) is 3.23. The van der Waals surface area contributed by atoms with Gasteiger partial charge in [0.15, 0.2) is 0 Å². The van der Waals surface area contributed by atoms with E-state index in [2.05, 4.69) is 5.73 Å². The van der Waals surface area contributed by atoms with Gasteiger partial charge in [0.25, 0.3) is 0 Å². The van der Waals surface area contributed by atoms with Crippen LogP contribution in [0.5, 0.6) is 0 Å². The molecule has 0 bridgehead atoms. The van der Waals surface area contributed by atoms with Crippen molar-refractivity contribution in [3.05, 3.63) is 0 Å². The van der Waals surface area contributed by atoms with Crippen LogP contribution in [0.25, 0.3) is 0 Å². The summed E-state index contributed by atoms with van der Waals surface area (Å²) in [7, 11) is 0.218. The van der Waals surface area contributed by atoms with Gasteiger partial charge in [0, 0.05) is 0 Å². The molecule has 3 unspecified atom stereocenters. The second-order valence-corrected chi connectivity index (χ2v) is 4.69. The molecule has 7 N–H and O–H groups in total. The first kappa shape index (κ1) is 17.4. The first-order valence-corrected chi connectivity index (χ1v) is 6.41. The molecular formula is C11H25BN2O4. The molecule has 0 amide bonds. The monoisotopic (exact) mass is 260 g/mol. The predicted molar refractivity (Wildman–Crippen MR) is 70.7 cm³/mol. The van der Waals surface area contributed by atoms with E-state index in [4.69, 9.17) is 20.9 Å². The highest BCUT2D eigenvalue weighted by atomic mass is 16.4. The van der Waals surface area contributed by atoms with Crippen molar-refractivity contribution in [2.45, 2.75) is 32.0 Å². The predicted octanol–water partition coefficient (Wildman–Crippen LogP) is -0.500. The fourth-order valence-corrected chi connectivity index (χ4v) is 2.62. The van der Waals surface area contributed by atoms with Gasteiger partial charge >= 0.3 is 13.1 Å². The summed E-state index contributed by atoms with van der Waals surface area (Å²) < 4.78 is 0. The van der Waals surface area contributed by atoms with E-state index in [-0.39, 0.29) is 11.8 Å². The summed E-state index contributed by atoms with van der Waals surface area (Å²) >= 11 is 0. The Kier molecular flexibility index (Phi) is 9.00. The quantitative estimate of drug-likeness (QED) is 0.409. The fourth-order valence-electron chi connectivity index (χ4n) is 2.62. The van der Waals surface area contributed by atoms with E-state index in [1.807, 2.05) is 0 Å². The molecule has 3 atom stereocenters. The molecule has 0 aromatic carbocycles. The second kappa shape index (κ2) is 9.32. The van der Waals surface area contributed by atoms with Crippen LogP contribution in [0.3, 0.4) is 0 Å². The highest BCUT2D eigenvalue weighted by Gasteiger charge is 2.37. The lowest BCUT2D eigenvalue weighted by molar-refractivity contribution is -0.143. The van der Waals surface area contributed by atoms with Gasteiger partial charge in [-0.1, -0.05) is 12.8 Å². The van der Waals surface area contributed by atoms with E-state index in [0.717, 1.165) is 12.8 Å². The van der Waals surface area contributed by atoms with Crippen molar-refractivity contribution in [3.63, 3.8) is 0 Å². The van der Waals surface area contributed by atoms with Crippen LogP contribution in [0.15, 0.2) is 0 Å². The van der Waals surface area contributed by atoms with Gasteiger partial charge in [-0.15, -0.1) is 0 Å². The molecule has 7 heteroatoms. The second-order valence-electron chi connectivity index (χ2n) is 4.69. The Morgan fingerprint density at radius 2 is 1.94 bits per heavy atom. The van der Waals surface area contributed by atoms with Gasteiger partial charge in [-0.05, 0) is 44.6 Å². The average Bonchev–Trinajstić information content (AvgIpc) is 2.75. The molecule has 1 aliphatic rings. The van der Waals surface area contributed by atoms with Crippen molar-refractivity contribution in [2.24, 2.45) is 29.2 Å². The zero-order valence-electron chi connectivity index (χ0n) is 11.0. The third-order valence-corrected chi connectivity index (χ3v) is 3.48. The molecule has 1 rings (SSSR count). The van der Waals surface area contributed by atoms with Crippen LogP contribution in [-0.4, -0.2) is 41.8 Å². The Bertz CT molecular complexity index is 241. The molecule has 18 heavy (non-hydrogen) atoms. The van der Waals surface area contributed by atoms with Crippen LogP contribution in [0.1, 0.15) is 25.7 Å². The van der Waals surface area contributed by atoms with E-state index in [1.54, 1.807) is 0 Å². The Morgan fingerprint density at radius 1 is 1.33 bits per heavy atom. The van der Waals surface area contributed by atoms with Crippen LogP contribution < -0.4 is 11.5 Å². The van der Waals surface area contributed by atoms with E-state index >= 15 is 0 Å². The highest BCUT2D eigenvalue weighted by Crippen LogP contribution is 2.39. The Hall–Kier alpha value is -0.625. The lowest BCUT2D eigenvalue weighted by atomic mass is 9.80. The molecular weight excluding hydrogens is 235 g/mol. The molecule has 0 saturated heterocycles. The topological polar surface area (TPSA) is 130 Å². The van der Waals surface area contributed by atoms with Crippen LogP contribution in [0.4, 0.5) is 0 Å². The lowest BCUT2D eigenvalue weighted by Gasteiger charge is -2.14. The van der Waals surface area contributed by atoms with Crippen molar-refractivity contribution < 1.29 is 19.9 Å². The van der Waals surface area contributed by atoms with Gasteiger partial charge in [0.2, 0.25) is 0 Å². The summed E-state index contributed by atoms with van der Waals surface area (Å²) in [5.74, 6) is -0.593. The molecule has 0 spiro atoms. The smallest absolute Gasteiger partial charge is 0.451 e. The van der Waals surface area contributed by atoms with Gasteiger partial charge in [-0.2, -0.15) is 0 Å². The van der Waals surface area contributed by atoms with Gasteiger partial charge in [0.1, 0.15) is 0 Å². The molecule has 6 nitrogen and oxygen atoms in total. The highest BCUT2D eigenvalue weighted by molar-refractivity contribution is 6.40. The maximum Gasteiger partial charge on any atom is 0.451 e. The molecule has 0 aromatic heterocycles. The first-order valence-electron chi connectivity index (χ1n) is 6.41. The van der Waals surface area contributed by atoms with E-state index in [9.17, 15) is 4.79 Å². The SMILES string of the molecule is CN.NCC1CC(CCCB(O)O)C(C(=O)O)C1. The summed E-state index contributed by atoms with van der Waals surface area (Å²) in [5, 5.41) is 26.5. The maximum absolute atomic E-state index is 11.0. The van der Waals surface area contributed by atoms with Crippen molar-refractivity contribution in [1.82, 2.24) is 0 Å². The number of nitrogens with two attached hydrogens (primary N) is 2. The Labute approximate surface area is 109 Å². The number of carboxylic acids is 1. The van der Waals surface area contributed by atoms with Gasteiger partial charge in [0.05, 0.1) is 5.92 Å². The normalized spacial score (nSPS) is 26.4. The van der Waals surface area contributed by atoms with Crippen LogP contribution in [0.2, 0.25) is 6.32 Å². The molecule has 0 aromatic rings. The standard InChI is InChI=1S/C10H20BNO4.CH5N/c12-6-7-4-8(2-1-3-11(15)16)9(5-7)10(13)14;1-2/h7-9,15-16H,1-6,12H2,(H,13,14);2H2,1H3. The van der Waals surface area contributed by atoms with E-state index in [1.165, 1.54) is 7.05 Å². The number of aliphatic carboxylic acids is 1. The van der Waals surface area contributed by atoms with Crippen molar-refractivity contribution in [2.75, 3.05) is 13.6 Å². The van der Waals surface area contributed by atoms with Crippen molar-refractivity contribution >= 4 is 13.1 Å². The third kappa shape index (κ3) is 5.81. The van der Waals surface area contributed by atoms with Crippen LogP contribution in [-0.2, 0) is 4.79 Å². The van der Waals surface area contributed by atoms with E-state index in [0.29, 0.717) is 31.6 Å². The molecule has 1 saturated carbocycles. The van der Waals surface area contributed by atoms with Crippen LogP contribution in [0, 0.1) is 17.8 Å². The minimum absolute atomic E-state index is 0.143. The largest absolute Gasteiger partial charge is 0.481 e. The first-order chi connectivity index (χ1) is 8.54. The summed E-state index contributed by atoms with van der Waals surface area (Å²) in [4.78, 5) is 11.0. The summed E-state index contributed by atoms with van der Waals surface area (Å²) in [6, 6.07) is 0. The van der Waals surface area contributed by atoms with Gasteiger partial charge in [-0.25, -0.2) is 0 Å². The summed E-state index contributed by atoms with van der Waals surface area (Å²) in [6.45, 7) is 0.545. The Balaban J connectivity index is 0.00000137. The van der Waals surface area contributed by atoms with Gasteiger partial charge in [-0.3, -0.25) is 4.79 Å². The number of carboxylic acid groups (broad SMARTS) is 1. The zero-order valence-corrected chi connectivity index (χ0v) is 11.0. The molecule has 0 radical (unpaired) electrons. The minimum atomic E-state index is -1.28. The summed E-state index contributed by atoms with van der Waals surface area (Å²) in [5.41, 5.74) is 10.1. The van der Waals surface area contributed by atoms with E-state index < -0.39 is 13.1 Å². The molecule has 1 fully saturated rings. The number of rotatable bonds is 6. The third-order valence-electron chi connectivity index (χ3n) is 3.48. The molecule has 1 aliphatic carbocycles. The molecule has 106 valence electrons. The Morgan fingerprint density at radius 3 is 2.39 bits per heavy atom. The lowest BCUT2D eigenvalue weighted by Crippen LogP contribution is -2.19. The fraction of sp³-hybridized carbons (Fsp3) is 0.909. The minimum Gasteiger partial charge on any atom is -0.481 e. The maximum atomic E-state index is 11.0. The zero-order chi connectivity index (χ0) is 14.1. The average molecular weight is 260 g/mol. The van der Waals surface area contributed by atoms with Crippen molar-refractivity contribution in [3.8, 4) is 0 Å². The molecule has 0 aliphatic heterocycles. The number of hydrogen-bond donors (Lipinski definition) is 5. The number of carbonyl (C=O) groups is 1. The van der Waals surface area contributed by atoms with Crippen LogP contribution >= 0.6 is 0 Å².